The molecular formula is C13H25N3O. The van der Waals surface area contributed by atoms with Crippen molar-refractivity contribution in [2.75, 3.05) is 25.6 Å². The van der Waals surface area contributed by atoms with Gasteiger partial charge in [-0.2, -0.15) is 0 Å². The fourth-order valence-corrected chi connectivity index (χ4v) is 1.88. The Labute approximate surface area is 104 Å². The molecule has 0 saturated heterocycles. The second-order valence-electron chi connectivity index (χ2n) is 4.45. The molecule has 4 nitrogen and oxygen atoms in total. The van der Waals surface area contributed by atoms with E-state index in [-0.39, 0.29) is 0 Å². The number of rotatable bonds is 9. The van der Waals surface area contributed by atoms with Crippen LogP contribution in [-0.4, -0.2) is 29.8 Å². The number of nitrogens with one attached hydrogen (secondary N) is 1. The standard InChI is InChI=1S/C13H25N3O/c1-4-5-6-7-8-14-13-15-9-10-16(13)12(2)11-17-3/h9-10,12H,4-8,11H2,1-3H3,(H,14,15). The van der Waals surface area contributed by atoms with Gasteiger partial charge in [-0.1, -0.05) is 26.2 Å². The second-order valence-corrected chi connectivity index (χ2v) is 4.45. The van der Waals surface area contributed by atoms with Gasteiger partial charge < -0.3 is 14.6 Å². The summed E-state index contributed by atoms with van der Waals surface area (Å²) in [5, 5.41) is 3.39. The van der Waals surface area contributed by atoms with Crippen molar-refractivity contribution in [2.45, 2.75) is 45.6 Å². The van der Waals surface area contributed by atoms with Crippen LogP contribution in [0.15, 0.2) is 12.4 Å². The molecule has 0 aliphatic heterocycles. The number of ether oxygens (including phenoxy) is 1. The summed E-state index contributed by atoms with van der Waals surface area (Å²) in [6, 6.07) is 0.320. The predicted molar refractivity (Wildman–Crippen MR) is 71.4 cm³/mol. The molecule has 0 amide bonds. The van der Waals surface area contributed by atoms with Crippen molar-refractivity contribution >= 4 is 5.95 Å². The molecule has 1 unspecified atom stereocenters. The first kappa shape index (κ1) is 14.0. The molecule has 0 saturated carbocycles. The third-order valence-electron chi connectivity index (χ3n) is 2.86. The number of hydrogen-bond donors (Lipinski definition) is 1. The zero-order chi connectivity index (χ0) is 12.5. The lowest BCUT2D eigenvalue weighted by Crippen LogP contribution is -2.15. The van der Waals surface area contributed by atoms with Gasteiger partial charge in [0.2, 0.25) is 5.95 Å². The highest BCUT2D eigenvalue weighted by atomic mass is 16.5. The van der Waals surface area contributed by atoms with E-state index in [1.54, 1.807) is 7.11 Å². The first-order chi connectivity index (χ1) is 8.29. The molecule has 0 aliphatic rings. The topological polar surface area (TPSA) is 39.1 Å². The molecular weight excluding hydrogens is 214 g/mol. The minimum absolute atomic E-state index is 0.320. The van der Waals surface area contributed by atoms with Gasteiger partial charge in [-0.15, -0.1) is 0 Å². The maximum absolute atomic E-state index is 5.16. The number of nitrogens with zero attached hydrogens (tertiary/aromatic N) is 2. The molecule has 1 atom stereocenters. The van der Waals surface area contributed by atoms with E-state index in [1.807, 2.05) is 12.4 Å². The summed E-state index contributed by atoms with van der Waals surface area (Å²) < 4.78 is 7.29. The van der Waals surface area contributed by atoms with E-state index in [0.29, 0.717) is 12.6 Å². The number of aromatic nitrogens is 2. The quantitative estimate of drug-likeness (QED) is 0.673. The lowest BCUT2D eigenvalue weighted by Gasteiger charge is -2.16. The smallest absolute Gasteiger partial charge is 0.203 e. The Hall–Kier alpha value is -1.03. The van der Waals surface area contributed by atoms with Crippen molar-refractivity contribution in [1.82, 2.24) is 9.55 Å². The Morgan fingerprint density at radius 1 is 1.41 bits per heavy atom. The number of methoxy groups -OCH3 is 1. The Bertz CT molecular complexity index is 299. The minimum atomic E-state index is 0.320. The lowest BCUT2D eigenvalue weighted by atomic mass is 10.2. The summed E-state index contributed by atoms with van der Waals surface area (Å²) in [7, 11) is 1.73. The maximum Gasteiger partial charge on any atom is 0.203 e. The Balaban J connectivity index is 2.35. The van der Waals surface area contributed by atoms with E-state index in [9.17, 15) is 0 Å². The average molecular weight is 239 g/mol. The van der Waals surface area contributed by atoms with Gasteiger partial charge in [0.1, 0.15) is 0 Å². The normalized spacial score (nSPS) is 12.6. The van der Waals surface area contributed by atoms with Crippen LogP contribution in [0.2, 0.25) is 0 Å². The molecule has 1 heterocycles. The van der Waals surface area contributed by atoms with E-state index in [0.717, 1.165) is 12.5 Å². The Morgan fingerprint density at radius 2 is 2.24 bits per heavy atom. The number of imidazole rings is 1. The van der Waals surface area contributed by atoms with Crippen LogP contribution in [0, 0.1) is 0 Å². The molecule has 0 fully saturated rings. The fourth-order valence-electron chi connectivity index (χ4n) is 1.88. The van der Waals surface area contributed by atoms with E-state index < -0.39 is 0 Å². The summed E-state index contributed by atoms with van der Waals surface area (Å²) in [4.78, 5) is 4.33. The van der Waals surface area contributed by atoms with E-state index >= 15 is 0 Å². The highest BCUT2D eigenvalue weighted by Gasteiger charge is 2.08. The zero-order valence-electron chi connectivity index (χ0n) is 11.3. The van der Waals surface area contributed by atoms with Crippen molar-refractivity contribution in [3.8, 4) is 0 Å². The average Bonchev–Trinajstić information content (AvgIpc) is 2.77. The van der Waals surface area contributed by atoms with Gasteiger partial charge in [0, 0.05) is 26.0 Å². The molecule has 1 N–H and O–H groups in total. The van der Waals surface area contributed by atoms with Gasteiger partial charge in [0.15, 0.2) is 0 Å². The predicted octanol–water partition coefficient (Wildman–Crippen LogP) is 3.08. The first-order valence-corrected chi connectivity index (χ1v) is 6.55. The highest BCUT2D eigenvalue weighted by molar-refractivity contribution is 5.26. The van der Waals surface area contributed by atoms with Gasteiger partial charge in [-0.3, -0.25) is 0 Å². The van der Waals surface area contributed by atoms with Gasteiger partial charge >= 0.3 is 0 Å². The maximum atomic E-state index is 5.16. The summed E-state index contributed by atoms with van der Waals surface area (Å²) in [5.41, 5.74) is 0. The molecule has 0 bridgehead atoms. The van der Waals surface area contributed by atoms with Gasteiger partial charge in [-0.05, 0) is 13.3 Å². The summed E-state index contributed by atoms with van der Waals surface area (Å²) in [5.74, 6) is 0.950. The summed E-state index contributed by atoms with van der Waals surface area (Å²) in [6.07, 6.45) is 8.92. The SMILES string of the molecule is CCCCCCNc1nccn1C(C)COC. The van der Waals surface area contributed by atoms with Crippen LogP contribution < -0.4 is 5.32 Å². The molecule has 17 heavy (non-hydrogen) atoms. The van der Waals surface area contributed by atoms with Crippen molar-refractivity contribution in [3.05, 3.63) is 12.4 Å². The van der Waals surface area contributed by atoms with Crippen molar-refractivity contribution in [1.29, 1.82) is 0 Å². The van der Waals surface area contributed by atoms with Crippen molar-refractivity contribution < 1.29 is 4.74 Å². The van der Waals surface area contributed by atoms with Crippen molar-refractivity contribution in [2.24, 2.45) is 0 Å². The Morgan fingerprint density at radius 3 is 2.94 bits per heavy atom. The van der Waals surface area contributed by atoms with Crippen LogP contribution >= 0.6 is 0 Å². The molecule has 0 radical (unpaired) electrons. The first-order valence-electron chi connectivity index (χ1n) is 6.55. The third kappa shape index (κ3) is 4.77. The Kier molecular flexibility index (Phi) is 6.70. The van der Waals surface area contributed by atoms with E-state index in [4.69, 9.17) is 4.74 Å². The van der Waals surface area contributed by atoms with Crippen molar-refractivity contribution in [3.63, 3.8) is 0 Å². The van der Waals surface area contributed by atoms with Gasteiger partial charge in [-0.25, -0.2) is 4.98 Å². The molecule has 0 aromatic carbocycles. The van der Waals surface area contributed by atoms with Crippen LogP contribution in [0.25, 0.3) is 0 Å². The van der Waals surface area contributed by atoms with Crippen LogP contribution in [0.4, 0.5) is 5.95 Å². The highest BCUT2D eigenvalue weighted by Crippen LogP contribution is 2.13. The number of unbranched alkanes of at least 4 members (excludes halogenated alkanes) is 3. The second kappa shape index (κ2) is 8.12. The lowest BCUT2D eigenvalue weighted by molar-refractivity contribution is 0.163. The largest absolute Gasteiger partial charge is 0.383 e. The third-order valence-corrected chi connectivity index (χ3v) is 2.86. The number of anilines is 1. The molecule has 1 aromatic rings. The van der Waals surface area contributed by atoms with Gasteiger partial charge in [0.25, 0.3) is 0 Å². The fraction of sp³-hybridized carbons (Fsp3) is 0.769. The molecule has 4 heteroatoms. The molecule has 1 aromatic heterocycles. The van der Waals surface area contributed by atoms with E-state index in [1.165, 1.54) is 25.7 Å². The van der Waals surface area contributed by atoms with Crippen LogP contribution in [0.3, 0.4) is 0 Å². The van der Waals surface area contributed by atoms with Crippen LogP contribution in [-0.2, 0) is 4.74 Å². The van der Waals surface area contributed by atoms with E-state index in [2.05, 4.69) is 28.7 Å². The molecule has 1 rings (SSSR count). The molecule has 0 aliphatic carbocycles. The molecule has 0 spiro atoms. The van der Waals surface area contributed by atoms with Gasteiger partial charge in [0.05, 0.1) is 12.6 Å². The van der Waals surface area contributed by atoms with Crippen LogP contribution in [0.1, 0.15) is 45.6 Å². The minimum Gasteiger partial charge on any atom is -0.383 e. The number of hydrogen-bond acceptors (Lipinski definition) is 3. The monoisotopic (exact) mass is 239 g/mol. The van der Waals surface area contributed by atoms with Crippen LogP contribution in [0.5, 0.6) is 0 Å². The summed E-state index contributed by atoms with van der Waals surface area (Å²) >= 11 is 0. The zero-order valence-corrected chi connectivity index (χ0v) is 11.3. The molecule has 98 valence electrons. The summed E-state index contributed by atoms with van der Waals surface area (Å²) in [6.45, 7) is 6.07.